The molecule has 5 rings (SSSR count). The molecule has 0 bridgehead atoms. The van der Waals surface area contributed by atoms with Crippen LogP contribution in [-0.2, 0) is 6.42 Å². The minimum absolute atomic E-state index is 0.227. The zero-order valence-corrected chi connectivity index (χ0v) is 20.6. The van der Waals surface area contributed by atoms with E-state index in [1.807, 2.05) is 49.4 Å². The van der Waals surface area contributed by atoms with Crippen LogP contribution in [0.5, 0.6) is 0 Å². The third-order valence-electron chi connectivity index (χ3n) is 5.70. The Morgan fingerprint density at radius 3 is 2.72 bits per heavy atom. The lowest BCUT2D eigenvalue weighted by atomic mass is 10.1. The van der Waals surface area contributed by atoms with Crippen molar-refractivity contribution in [3.63, 3.8) is 0 Å². The molecule has 0 aliphatic carbocycles. The Kier molecular flexibility index (Phi) is 6.60. The molecule has 0 aliphatic heterocycles. The fraction of sp³-hybridized carbons (Fsp3) is 0.148. The van der Waals surface area contributed by atoms with Crippen molar-refractivity contribution in [1.29, 1.82) is 0 Å². The summed E-state index contributed by atoms with van der Waals surface area (Å²) in [4.78, 5) is 26.4. The number of benzene rings is 2. The van der Waals surface area contributed by atoms with E-state index in [1.165, 1.54) is 0 Å². The van der Waals surface area contributed by atoms with Crippen molar-refractivity contribution in [3.05, 3.63) is 94.9 Å². The van der Waals surface area contributed by atoms with Gasteiger partial charge in [0.2, 0.25) is 0 Å². The van der Waals surface area contributed by atoms with Gasteiger partial charge in [-0.25, -0.2) is 4.98 Å². The van der Waals surface area contributed by atoms with Crippen molar-refractivity contribution in [3.8, 4) is 11.4 Å². The lowest BCUT2D eigenvalue weighted by molar-refractivity contribution is 0.102. The van der Waals surface area contributed by atoms with E-state index in [2.05, 4.69) is 37.6 Å². The Morgan fingerprint density at radius 2 is 1.92 bits per heavy atom. The predicted molar refractivity (Wildman–Crippen MR) is 142 cm³/mol. The van der Waals surface area contributed by atoms with Crippen molar-refractivity contribution < 1.29 is 4.79 Å². The standard InChI is InChI=1S/C27H24ClN7O/c1-3-7-20-15-24(35-27(31-20)33-25(34-35)19-9-6-13-29-16-19)30-21-10-4-8-18(14-21)26(36)32-23-12-5-11-22(28)17(23)2/h4-6,8-16,30H,3,7H2,1-2H3,(H,32,36). The van der Waals surface area contributed by atoms with E-state index in [0.29, 0.717) is 33.7 Å². The molecule has 2 aromatic carbocycles. The molecule has 0 radical (unpaired) electrons. The number of halogens is 1. The maximum Gasteiger partial charge on any atom is 0.255 e. The van der Waals surface area contributed by atoms with Gasteiger partial charge in [-0.2, -0.15) is 9.50 Å². The molecule has 0 unspecified atom stereocenters. The van der Waals surface area contributed by atoms with E-state index in [4.69, 9.17) is 11.6 Å². The summed E-state index contributed by atoms with van der Waals surface area (Å²) in [5, 5.41) is 11.6. The predicted octanol–water partition coefficient (Wildman–Crippen LogP) is 6.10. The first-order chi connectivity index (χ1) is 17.5. The molecule has 9 heteroatoms. The Bertz CT molecular complexity index is 1550. The summed E-state index contributed by atoms with van der Waals surface area (Å²) in [6, 6.07) is 18.4. The molecular weight excluding hydrogens is 474 g/mol. The molecular formula is C27H24ClN7O. The second kappa shape index (κ2) is 10.1. The second-order valence-corrected chi connectivity index (χ2v) is 8.75. The Hall–Kier alpha value is -4.30. The fourth-order valence-corrected chi connectivity index (χ4v) is 4.01. The molecule has 0 saturated heterocycles. The quantitative estimate of drug-likeness (QED) is 0.282. The second-order valence-electron chi connectivity index (χ2n) is 8.34. The molecule has 0 aliphatic rings. The molecule has 1 amide bonds. The van der Waals surface area contributed by atoms with Crippen LogP contribution in [0.4, 0.5) is 17.2 Å². The number of aromatic nitrogens is 5. The molecule has 0 spiro atoms. The number of hydrogen-bond donors (Lipinski definition) is 2. The summed E-state index contributed by atoms with van der Waals surface area (Å²) >= 11 is 6.20. The number of hydrogen-bond acceptors (Lipinski definition) is 6. The summed E-state index contributed by atoms with van der Waals surface area (Å²) in [5.41, 5.74) is 4.45. The number of nitrogens with zero attached hydrogens (tertiary/aromatic N) is 5. The number of carbonyl (C=O) groups excluding carboxylic acids is 1. The first-order valence-corrected chi connectivity index (χ1v) is 12.0. The van der Waals surface area contributed by atoms with Gasteiger partial charge in [0.15, 0.2) is 5.82 Å². The molecule has 2 N–H and O–H groups in total. The van der Waals surface area contributed by atoms with Crippen LogP contribution in [0.3, 0.4) is 0 Å². The molecule has 3 aromatic heterocycles. The van der Waals surface area contributed by atoms with Crippen LogP contribution in [0.25, 0.3) is 17.2 Å². The number of carbonyl (C=O) groups is 1. The van der Waals surface area contributed by atoms with Gasteiger partial charge < -0.3 is 10.6 Å². The third kappa shape index (κ3) is 4.89. The first-order valence-electron chi connectivity index (χ1n) is 11.6. The van der Waals surface area contributed by atoms with Crippen LogP contribution in [0.2, 0.25) is 5.02 Å². The van der Waals surface area contributed by atoms with Gasteiger partial charge in [0.05, 0.1) is 0 Å². The van der Waals surface area contributed by atoms with Crippen LogP contribution < -0.4 is 10.6 Å². The van der Waals surface area contributed by atoms with E-state index in [9.17, 15) is 4.79 Å². The van der Waals surface area contributed by atoms with E-state index in [1.54, 1.807) is 35.1 Å². The highest BCUT2D eigenvalue weighted by molar-refractivity contribution is 6.31. The van der Waals surface area contributed by atoms with Gasteiger partial charge in [0.25, 0.3) is 11.7 Å². The highest BCUT2D eigenvalue weighted by Crippen LogP contribution is 2.25. The van der Waals surface area contributed by atoms with Crippen molar-refractivity contribution in [2.45, 2.75) is 26.7 Å². The first kappa shape index (κ1) is 23.4. The lowest BCUT2D eigenvalue weighted by Gasteiger charge is -2.12. The van der Waals surface area contributed by atoms with Gasteiger partial charge in [-0.1, -0.05) is 37.1 Å². The molecule has 0 atom stereocenters. The average Bonchev–Trinajstić information content (AvgIpc) is 3.32. The summed E-state index contributed by atoms with van der Waals surface area (Å²) in [5.74, 6) is 1.51. The van der Waals surface area contributed by atoms with Gasteiger partial charge in [0, 0.05) is 51.7 Å². The molecule has 0 fully saturated rings. The minimum Gasteiger partial charge on any atom is -0.340 e. The number of amides is 1. The van der Waals surface area contributed by atoms with Crippen molar-refractivity contribution in [1.82, 2.24) is 24.6 Å². The minimum atomic E-state index is -0.227. The molecule has 0 saturated carbocycles. The van der Waals surface area contributed by atoms with Gasteiger partial charge in [-0.05, 0) is 61.4 Å². The fourth-order valence-electron chi connectivity index (χ4n) is 3.83. The van der Waals surface area contributed by atoms with E-state index in [0.717, 1.165) is 35.3 Å². The smallest absolute Gasteiger partial charge is 0.255 e. The molecule has 36 heavy (non-hydrogen) atoms. The molecule has 5 aromatic rings. The van der Waals surface area contributed by atoms with Crippen LogP contribution in [0.15, 0.2) is 73.1 Å². The zero-order chi connectivity index (χ0) is 25.1. The van der Waals surface area contributed by atoms with Crippen LogP contribution in [0, 0.1) is 6.92 Å². The maximum absolute atomic E-state index is 13.0. The van der Waals surface area contributed by atoms with E-state index < -0.39 is 0 Å². The SMILES string of the molecule is CCCc1cc(Nc2cccc(C(=O)Nc3cccc(Cl)c3C)c2)n2nc(-c3cccnc3)nc2n1. The third-order valence-corrected chi connectivity index (χ3v) is 6.11. The van der Waals surface area contributed by atoms with Crippen LogP contribution in [-0.4, -0.2) is 30.5 Å². The molecule has 8 nitrogen and oxygen atoms in total. The van der Waals surface area contributed by atoms with Gasteiger partial charge >= 0.3 is 0 Å². The van der Waals surface area contributed by atoms with Crippen molar-refractivity contribution in [2.75, 3.05) is 10.6 Å². The highest BCUT2D eigenvalue weighted by Gasteiger charge is 2.14. The summed E-state index contributed by atoms with van der Waals surface area (Å²) in [6.45, 7) is 3.98. The number of anilines is 3. The van der Waals surface area contributed by atoms with Gasteiger partial charge in [-0.15, -0.1) is 5.10 Å². The van der Waals surface area contributed by atoms with Crippen molar-refractivity contribution in [2.24, 2.45) is 0 Å². The van der Waals surface area contributed by atoms with E-state index >= 15 is 0 Å². The number of fused-ring (bicyclic) bond motifs is 1. The normalized spacial score (nSPS) is 11.0. The summed E-state index contributed by atoms with van der Waals surface area (Å²) in [6.07, 6.45) is 5.19. The topological polar surface area (TPSA) is 97.1 Å². The number of aryl methyl sites for hydroxylation is 1. The molecule has 3 heterocycles. The zero-order valence-electron chi connectivity index (χ0n) is 19.9. The molecule has 180 valence electrons. The highest BCUT2D eigenvalue weighted by atomic mass is 35.5. The number of pyridine rings is 1. The van der Waals surface area contributed by atoms with Crippen LogP contribution >= 0.6 is 11.6 Å². The Morgan fingerprint density at radius 1 is 1.06 bits per heavy atom. The number of rotatable bonds is 7. The number of nitrogens with one attached hydrogen (secondary N) is 2. The lowest BCUT2D eigenvalue weighted by Crippen LogP contribution is -2.13. The average molecular weight is 498 g/mol. The van der Waals surface area contributed by atoms with Crippen molar-refractivity contribution >= 4 is 40.5 Å². The monoisotopic (exact) mass is 497 g/mol. The van der Waals surface area contributed by atoms with Crippen LogP contribution in [0.1, 0.15) is 35.0 Å². The van der Waals surface area contributed by atoms with Gasteiger partial charge in [0.1, 0.15) is 5.82 Å². The Labute approximate surface area is 213 Å². The maximum atomic E-state index is 13.0. The van der Waals surface area contributed by atoms with Gasteiger partial charge in [-0.3, -0.25) is 9.78 Å². The largest absolute Gasteiger partial charge is 0.340 e. The van der Waals surface area contributed by atoms with E-state index in [-0.39, 0.29) is 5.91 Å². The summed E-state index contributed by atoms with van der Waals surface area (Å²) < 4.78 is 1.67. The Balaban J connectivity index is 1.46. The summed E-state index contributed by atoms with van der Waals surface area (Å²) in [7, 11) is 0.